The molecule has 1 aliphatic carbocycles. The third kappa shape index (κ3) is 2.47. The Balaban J connectivity index is 2.45. The highest BCUT2D eigenvalue weighted by molar-refractivity contribution is 7.92. The third-order valence-corrected chi connectivity index (χ3v) is 5.88. The lowest BCUT2D eigenvalue weighted by molar-refractivity contribution is 0.121. The van der Waals surface area contributed by atoms with Crippen LogP contribution in [0.4, 0.5) is 0 Å². The van der Waals surface area contributed by atoms with Crippen molar-refractivity contribution in [2.24, 2.45) is 11.1 Å². The van der Waals surface area contributed by atoms with Gasteiger partial charge in [-0.2, -0.15) is 0 Å². The van der Waals surface area contributed by atoms with Crippen LogP contribution < -0.4 is 5.73 Å². The molecule has 0 aromatic heterocycles. The lowest BCUT2D eigenvalue weighted by atomic mass is 10.00. The number of ether oxygens (including phenoxy) is 1. The fourth-order valence-corrected chi connectivity index (χ4v) is 5.28. The summed E-state index contributed by atoms with van der Waals surface area (Å²) in [6, 6.07) is 9.49. The van der Waals surface area contributed by atoms with Crippen molar-refractivity contribution in [2.75, 3.05) is 19.5 Å². The fraction of sp³-hybridized carbons (Fsp3) is 0.500. The molecule has 3 atom stereocenters. The summed E-state index contributed by atoms with van der Waals surface area (Å²) in [7, 11) is -3.26. The number of hydrogen-bond acceptors (Lipinski definition) is 4. The van der Waals surface area contributed by atoms with Gasteiger partial charge < -0.3 is 10.5 Å². The Bertz CT molecular complexity index is 600. The van der Waals surface area contributed by atoms with Crippen LogP contribution >= 0.6 is 12.2 Å². The van der Waals surface area contributed by atoms with Crippen LogP contribution in [0.5, 0.6) is 0 Å². The molecule has 1 fully saturated rings. The molecule has 0 saturated heterocycles. The largest absolute Gasteiger partial charge is 0.393 e. The van der Waals surface area contributed by atoms with Crippen LogP contribution in [0.1, 0.15) is 18.4 Å². The Hall–Kier alpha value is -0.980. The predicted octanol–water partition coefficient (Wildman–Crippen LogP) is 1.51. The van der Waals surface area contributed by atoms with Crippen molar-refractivity contribution in [3.8, 4) is 0 Å². The molecule has 0 aliphatic heterocycles. The maximum Gasteiger partial charge on any atom is 0.152 e. The topological polar surface area (TPSA) is 69.4 Å². The minimum absolute atomic E-state index is 0.218. The average Bonchev–Trinajstić information content (AvgIpc) is 3.08. The minimum Gasteiger partial charge on any atom is -0.393 e. The smallest absolute Gasteiger partial charge is 0.152 e. The Labute approximate surface area is 125 Å². The van der Waals surface area contributed by atoms with E-state index in [9.17, 15) is 8.42 Å². The van der Waals surface area contributed by atoms with Crippen LogP contribution in [-0.4, -0.2) is 38.1 Å². The summed E-state index contributed by atoms with van der Waals surface area (Å²) in [5.74, 6) is -0.220. The molecule has 0 spiro atoms. The lowest BCUT2D eigenvalue weighted by Crippen LogP contribution is -2.33. The van der Waals surface area contributed by atoms with Crippen LogP contribution in [-0.2, 0) is 14.6 Å². The first-order chi connectivity index (χ1) is 9.35. The molecule has 110 valence electrons. The molecule has 2 rings (SSSR count). The van der Waals surface area contributed by atoms with E-state index in [1.807, 2.05) is 37.3 Å². The van der Waals surface area contributed by atoms with E-state index in [2.05, 4.69) is 0 Å². The van der Waals surface area contributed by atoms with Crippen molar-refractivity contribution < 1.29 is 13.2 Å². The summed E-state index contributed by atoms with van der Waals surface area (Å²) in [6.45, 7) is 2.61. The van der Waals surface area contributed by atoms with Crippen LogP contribution in [0.3, 0.4) is 0 Å². The van der Waals surface area contributed by atoms with E-state index >= 15 is 0 Å². The third-order valence-electron chi connectivity index (χ3n) is 3.88. The molecular weight excluding hydrogens is 294 g/mol. The number of benzene rings is 1. The first-order valence-corrected chi connectivity index (χ1v) is 8.83. The average molecular weight is 313 g/mol. The summed E-state index contributed by atoms with van der Waals surface area (Å²) in [5.41, 5.74) is 6.04. The molecule has 4 nitrogen and oxygen atoms in total. The van der Waals surface area contributed by atoms with Gasteiger partial charge in [-0.1, -0.05) is 42.5 Å². The quantitative estimate of drug-likeness (QED) is 0.806. The second-order valence-corrected chi connectivity index (χ2v) is 7.79. The Morgan fingerprint density at radius 2 is 2.00 bits per heavy atom. The van der Waals surface area contributed by atoms with Crippen LogP contribution in [0.25, 0.3) is 0 Å². The molecule has 2 N–H and O–H groups in total. The van der Waals surface area contributed by atoms with Gasteiger partial charge in [-0.25, -0.2) is 8.42 Å². The molecule has 0 heterocycles. The van der Waals surface area contributed by atoms with E-state index < -0.39 is 20.5 Å². The Morgan fingerprint density at radius 1 is 1.40 bits per heavy atom. The molecule has 0 radical (unpaired) electrons. The number of hydrogen-bond donors (Lipinski definition) is 1. The number of rotatable bonds is 6. The Morgan fingerprint density at radius 3 is 2.45 bits per heavy atom. The SMILES string of the molecule is CCOC[C@]1(C(N)=S)[C@@H](c2ccccc2)[C@@H]1S(C)(=O)=O. The molecule has 1 aliphatic rings. The first-order valence-electron chi connectivity index (χ1n) is 6.47. The van der Waals surface area contributed by atoms with E-state index in [4.69, 9.17) is 22.7 Å². The van der Waals surface area contributed by atoms with Gasteiger partial charge in [0.15, 0.2) is 9.84 Å². The zero-order valence-electron chi connectivity index (χ0n) is 11.6. The molecular formula is C14H19NO3S2. The summed E-state index contributed by atoms with van der Waals surface area (Å²) in [6.07, 6.45) is 1.24. The number of thiocarbonyl (C=S) groups is 1. The van der Waals surface area contributed by atoms with Gasteiger partial charge in [0.05, 0.1) is 22.3 Å². The summed E-state index contributed by atoms with van der Waals surface area (Å²) < 4.78 is 29.6. The Kier molecular flexibility index (Phi) is 4.18. The van der Waals surface area contributed by atoms with E-state index in [-0.39, 0.29) is 17.5 Å². The van der Waals surface area contributed by atoms with E-state index in [1.165, 1.54) is 6.26 Å². The standard InChI is InChI=1S/C14H19NO3S2/c1-3-18-9-14(13(15)19)11(12(14)20(2,16)17)10-7-5-4-6-8-10/h4-8,11-12H,3,9H2,1-2H3,(H2,15,19)/t11-,12-,14-/m0/s1. The molecule has 1 saturated carbocycles. The van der Waals surface area contributed by atoms with Gasteiger partial charge in [0.2, 0.25) is 0 Å². The normalized spacial score (nSPS) is 29.1. The maximum absolute atomic E-state index is 12.1. The van der Waals surface area contributed by atoms with Crippen molar-refractivity contribution in [2.45, 2.75) is 18.1 Å². The van der Waals surface area contributed by atoms with Gasteiger partial charge in [0.25, 0.3) is 0 Å². The predicted molar refractivity (Wildman–Crippen MR) is 83.5 cm³/mol. The molecule has 0 bridgehead atoms. The van der Waals surface area contributed by atoms with Crippen molar-refractivity contribution in [1.29, 1.82) is 0 Å². The highest BCUT2D eigenvalue weighted by atomic mass is 32.2. The van der Waals surface area contributed by atoms with Crippen molar-refractivity contribution in [3.63, 3.8) is 0 Å². The number of nitrogens with two attached hydrogens (primary N) is 1. The summed E-state index contributed by atoms with van der Waals surface area (Å²) in [5, 5.41) is -0.596. The van der Waals surface area contributed by atoms with Gasteiger partial charge in [0.1, 0.15) is 0 Å². The van der Waals surface area contributed by atoms with Crippen molar-refractivity contribution in [1.82, 2.24) is 0 Å². The fourth-order valence-electron chi connectivity index (χ4n) is 2.97. The highest BCUT2D eigenvalue weighted by Gasteiger charge is 2.71. The molecule has 1 aromatic carbocycles. The van der Waals surface area contributed by atoms with Crippen molar-refractivity contribution in [3.05, 3.63) is 35.9 Å². The van der Waals surface area contributed by atoms with Crippen LogP contribution in [0, 0.1) is 5.41 Å². The monoisotopic (exact) mass is 313 g/mol. The van der Waals surface area contributed by atoms with Gasteiger partial charge in [0, 0.05) is 18.8 Å². The van der Waals surface area contributed by atoms with Gasteiger partial charge in [-0.05, 0) is 12.5 Å². The zero-order chi connectivity index (χ0) is 15.0. The minimum atomic E-state index is -3.26. The van der Waals surface area contributed by atoms with Gasteiger partial charge >= 0.3 is 0 Å². The maximum atomic E-state index is 12.1. The summed E-state index contributed by atoms with van der Waals surface area (Å²) >= 11 is 5.16. The molecule has 0 unspecified atom stereocenters. The molecule has 0 amide bonds. The zero-order valence-corrected chi connectivity index (χ0v) is 13.2. The van der Waals surface area contributed by atoms with Crippen LogP contribution in [0.2, 0.25) is 0 Å². The van der Waals surface area contributed by atoms with E-state index in [0.29, 0.717) is 6.61 Å². The second-order valence-electron chi connectivity index (χ2n) is 5.18. The molecule has 1 aromatic rings. The summed E-state index contributed by atoms with van der Waals surface area (Å²) in [4.78, 5) is 0.218. The van der Waals surface area contributed by atoms with E-state index in [0.717, 1.165) is 5.56 Å². The van der Waals surface area contributed by atoms with E-state index in [1.54, 1.807) is 0 Å². The molecule has 6 heteroatoms. The first kappa shape index (κ1) is 15.4. The highest BCUT2D eigenvalue weighted by Crippen LogP contribution is 2.63. The lowest BCUT2D eigenvalue weighted by Gasteiger charge is -2.16. The number of sulfone groups is 1. The molecule has 20 heavy (non-hydrogen) atoms. The second kappa shape index (κ2) is 5.42. The van der Waals surface area contributed by atoms with Crippen LogP contribution in [0.15, 0.2) is 30.3 Å². The van der Waals surface area contributed by atoms with Crippen molar-refractivity contribution >= 4 is 27.0 Å². The van der Waals surface area contributed by atoms with Gasteiger partial charge in [-0.15, -0.1) is 0 Å². The van der Waals surface area contributed by atoms with Gasteiger partial charge in [-0.3, -0.25) is 0 Å².